The summed E-state index contributed by atoms with van der Waals surface area (Å²) < 4.78 is 4.44. The normalized spacial score (nSPS) is 11.7. The van der Waals surface area contributed by atoms with E-state index in [2.05, 4.69) is 15.0 Å². The number of hydrogen-bond acceptors (Lipinski definition) is 5. The van der Waals surface area contributed by atoms with Gasteiger partial charge in [-0.2, -0.15) is 0 Å². The molecule has 1 amide bonds. The molecular weight excluding hydrogens is 224 g/mol. The van der Waals surface area contributed by atoms with Gasteiger partial charge in [0.2, 0.25) is 0 Å². The van der Waals surface area contributed by atoms with Gasteiger partial charge in [-0.05, 0) is 18.6 Å². The molecule has 0 aliphatic rings. The highest BCUT2D eigenvalue weighted by Crippen LogP contribution is 2.03. The summed E-state index contributed by atoms with van der Waals surface area (Å²) in [6.07, 6.45) is 1.48. The van der Waals surface area contributed by atoms with E-state index < -0.39 is 24.5 Å². The van der Waals surface area contributed by atoms with Gasteiger partial charge in [-0.15, -0.1) is 0 Å². The van der Waals surface area contributed by atoms with Crippen molar-refractivity contribution in [1.29, 1.82) is 0 Å². The van der Waals surface area contributed by atoms with Gasteiger partial charge in [0, 0.05) is 6.20 Å². The number of nitrogens with zero attached hydrogens (tertiary/aromatic N) is 1. The first-order valence-electron chi connectivity index (χ1n) is 5.01. The first-order chi connectivity index (χ1) is 8.10. The Hall–Kier alpha value is -1.95. The van der Waals surface area contributed by atoms with Crippen LogP contribution in [-0.2, 0) is 9.53 Å². The molecule has 0 saturated carbocycles. The van der Waals surface area contributed by atoms with E-state index in [4.69, 9.17) is 5.11 Å². The quantitative estimate of drug-likeness (QED) is 0.700. The summed E-state index contributed by atoms with van der Waals surface area (Å²) in [5.41, 5.74) is 0.904. The predicted octanol–water partition coefficient (Wildman–Crippen LogP) is -0.346. The van der Waals surface area contributed by atoms with Gasteiger partial charge in [0.1, 0.15) is 5.69 Å². The van der Waals surface area contributed by atoms with Crippen LogP contribution in [0.4, 0.5) is 0 Å². The van der Waals surface area contributed by atoms with Crippen LogP contribution >= 0.6 is 0 Å². The number of pyridine rings is 1. The first kappa shape index (κ1) is 13.1. The monoisotopic (exact) mass is 238 g/mol. The molecule has 0 radical (unpaired) electrons. The number of amides is 1. The van der Waals surface area contributed by atoms with Crippen molar-refractivity contribution >= 4 is 11.9 Å². The number of ether oxygens (including phenoxy) is 1. The highest BCUT2D eigenvalue weighted by molar-refractivity contribution is 5.96. The van der Waals surface area contributed by atoms with Gasteiger partial charge >= 0.3 is 5.97 Å². The molecule has 6 nitrogen and oxygen atoms in total. The van der Waals surface area contributed by atoms with E-state index in [1.807, 2.05) is 0 Å². The molecule has 0 saturated heterocycles. The predicted molar refractivity (Wildman–Crippen MR) is 59.3 cm³/mol. The molecule has 0 bridgehead atoms. The Labute approximate surface area is 98.6 Å². The van der Waals surface area contributed by atoms with Crippen LogP contribution in [0.1, 0.15) is 16.1 Å². The third-order valence-electron chi connectivity index (χ3n) is 2.20. The Kier molecular flexibility index (Phi) is 4.59. The van der Waals surface area contributed by atoms with Gasteiger partial charge in [0.15, 0.2) is 6.04 Å². The molecule has 2 N–H and O–H groups in total. The highest BCUT2D eigenvalue weighted by atomic mass is 16.5. The lowest BCUT2D eigenvalue weighted by atomic mass is 10.2. The molecule has 1 heterocycles. The fraction of sp³-hybridized carbons (Fsp3) is 0.364. The molecule has 1 rings (SSSR count). The summed E-state index contributed by atoms with van der Waals surface area (Å²) in [5.74, 6) is -1.22. The van der Waals surface area contributed by atoms with Gasteiger partial charge in [-0.25, -0.2) is 4.79 Å². The SMILES string of the molecule is COC(=O)C(CO)NC(=O)c1ncccc1C. The van der Waals surface area contributed by atoms with Gasteiger partial charge in [0.25, 0.3) is 5.91 Å². The van der Waals surface area contributed by atoms with Crippen molar-refractivity contribution in [3.05, 3.63) is 29.6 Å². The Morgan fingerprint density at radius 3 is 2.82 bits per heavy atom. The topological polar surface area (TPSA) is 88.5 Å². The maximum atomic E-state index is 11.8. The molecule has 0 fully saturated rings. The first-order valence-corrected chi connectivity index (χ1v) is 5.01. The lowest BCUT2D eigenvalue weighted by Crippen LogP contribution is -2.44. The second-order valence-electron chi connectivity index (χ2n) is 3.40. The van der Waals surface area contributed by atoms with E-state index >= 15 is 0 Å². The third-order valence-corrected chi connectivity index (χ3v) is 2.20. The summed E-state index contributed by atoms with van der Waals surface area (Å²) >= 11 is 0. The molecule has 17 heavy (non-hydrogen) atoms. The average Bonchev–Trinajstić information content (AvgIpc) is 2.35. The van der Waals surface area contributed by atoms with E-state index in [9.17, 15) is 9.59 Å². The van der Waals surface area contributed by atoms with Crippen LogP contribution in [0.5, 0.6) is 0 Å². The highest BCUT2D eigenvalue weighted by Gasteiger charge is 2.22. The fourth-order valence-electron chi connectivity index (χ4n) is 1.27. The Morgan fingerprint density at radius 1 is 1.59 bits per heavy atom. The number of hydrogen-bond donors (Lipinski definition) is 2. The van der Waals surface area contributed by atoms with Crippen LogP contribution in [0, 0.1) is 6.92 Å². The molecule has 1 aromatic rings. The van der Waals surface area contributed by atoms with E-state index in [0.29, 0.717) is 5.56 Å². The van der Waals surface area contributed by atoms with Gasteiger partial charge in [-0.3, -0.25) is 9.78 Å². The fourth-order valence-corrected chi connectivity index (χ4v) is 1.27. The molecule has 92 valence electrons. The van der Waals surface area contributed by atoms with Crippen LogP contribution < -0.4 is 5.32 Å². The molecule has 0 aromatic carbocycles. The number of carbonyl (C=O) groups excluding carboxylic acids is 2. The number of methoxy groups -OCH3 is 1. The molecule has 1 aromatic heterocycles. The van der Waals surface area contributed by atoms with Crippen molar-refractivity contribution in [3.8, 4) is 0 Å². The minimum atomic E-state index is -1.08. The molecule has 0 aliphatic carbocycles. The number of aromatic nitrogens is 1. The second-order valence-corrected chi connectivity index (χ2v) is 3.40. The van der Waals surface area contributed by atoms with Gasteiger partial charge in [0.05, 0.1) is 13.7 Å². The number of aliphatic hydroxyl groups is 1. The van der Waals surface area contributed by atoms with Crippen LogP contribution in [0.25, 0.3) is 0 Å². The molecule has 1 atom stereocenters. The Bertz CT molecular complexity index is 420. The zero-order valence-electron chi connectivity index (χ0n) is 9.64. The number of rotatable bonds is 4. The number of carbonyl (C=O) groups is 2. The van der Waals surface area contributed by atoms with E-state index in [1.165, 1.54) is 13.3 Å². The van der Waals surface area contributed by atoms with E-state index in [-0.39, 0.29) is 5.69 Å². The Morgan fingerprint density at radius 2 is 2.29 bits per heavy atom. The summed E-state index contributed by atoms with van der Waals surface area (Å²) in [6.45, 7) is 1.21. The van der Waals surface area contributed by atoms with Crippen molar-refractivity contribution < 1.29 is 19.4 Å². The molecular formula is C11H14N2O4. The van der Waals surface area contributed by atoms with Crippen molar-refractivity contribution in [2.24, 2.45) is 0 Å². The maximum absolute atomic E-state index is 11.8. The van der Waals surface area contributed by atoms with Crippen LogP contribution in [0.2, 0.25) is 0 Å². The van der Waals surface area contributed by atoms with Gasteiger partial charge < -0.3 is 15.2 Å². The minimum Gasteiger partial charge on any atom is -0.467 e. The second kappa shape index (κ2) is 5.95. The summed E-state index contributed by atoms with van der Waals surface area (Å²) in [7, 11) is 1.18. The van der Waals surface area contributed by atoms with Crippen molar-refractivity contribution in [1.82, 2.24) is 10.3 Å². The third kappa shape index (κ3) is 3.25. The smallest absolute Gasteiger partial charge is 0.330 e. The van der Waals surface area contributed by atoms with Crippen LogP contribution in [0.15, 0.2) is 18.3 Å². The summed E-state index contributed by atoms with van der Waals surface area (Å²) in [4.78, 5) is 26.8. The van der Waals surface area contributed by atoms with Crippen molar-refractivity contribution in [2.75, 3.05) is 13.7 Å². The zero-order chi connectivity index (χ0) is 12.8. The van der Waals surface area contributed by atoms with Gasteiger partial charge in [-0.1, -0.05) is 6.07 Å². The minimum absolute atomic E-state index is 0.217. The summed E-state index contributed by atoms with van der Waals surface area (Å²) in [5, 5.41) is 11.3. The number of aliphatic hydroxyl groups excluding tert-OH is 1. The molecule has 0 aliphatic heterocycles. The molecule has 6 heteroatoms. The number of esters is 1. The number of aryl methyl sites for hydroxylation is 1. The standard InChI is InChI=1S/C11H14N2O4/c1-7-4-3-5-12-9(7)10(15)13-8(6-14)11(16)17-2/h3-5,8,14H,6H2,1-2H3,(H,13,15). The zero-order valence-corrected chi connectivity index (χ0v) is 9.64. The van der Waals surface area contributed by atoms with E-state index in [0.717, 1.165) is 0 Å². The van der Waals surface area contributed by atoms with Crippen LogP contribution in [-0.4, -0.2) is 41.7 Å². The Balaban J connectivity index is 2.78. The lowest BCUT2D eigenvalue weighted by Gasteiger charge is -2.14. The largest absolute Gasteiger partial charge is 0.467 e. The maximum Gasteiger partial charge on any atom is 0.330 e. The number of nitrogens with one attached hydrogen (secondary N) is 1. The molecule has 0 spiro atoms. The van der Waals surface area contributed by atoms with E-state index in [1.54, 1.807) is 19.1 Å². The van der Waals surface area contributed by atoms with Crippen LogP contribution in [0.3, 0.4) is 0 Å². The van der Waals surface area contributed by atoms with Crippen molar-refractivity contribution in [2.45, 2.75) is 13.0 Å². The summed E-state index contributed by atoms with van der Waals surface area (Å²) in [6, 6.07) is 2.36. The van der Waals surface area contributed by atoms with Crippen molar-refractivity contribution in [3.63, 3.8) is 0 Å². The molecule has 1 unspecified atom stereocenters. The lowest BCUT2D eigenvalue weighted by molar-refractivity contribution is -0.143. The average molecular weight is 238 g/mol.